The first-order chi connectivity index (χ1) is 9.15. The fourth-order valence-corrected chi connectivity index (χ4v) is 1.74. The minimum absolute atomic E-state index is 0.489. The van der Waals surface area contributed by atoms with E-state index in [-0.39, 0.29) is 0 Å². The number of anilines is 1. The van der Waals surface area contributed by atoms with Crippen molar-refractivity contribution in [3.63, 3.8) is 0 Å². The van der Waals surface area contributed by atoms with Gasteiger partial charge in [-0.25, -0.2) is 0 Å². The normalized spacial score (nSPS) is 11.8. The zero-order valence-electron chi connectivity index (χ0n) is 12.2. The number of nitrogens with two attached hydrogens (primary N) is 1. The van der Waals surface area contributed by atoms with Gasteiger partial charge in [0.05, 0.1) is 21.3 Å². The Morgan fingerprint density at radius 3 is 2.11 bits per heavy atom. The van der Waals surface area contributed by atoms with Gasteiger partial charge in [-0.2, -0.15) is 0 Å². The van der Waals surface area contributed by atoms with E-state index in [1.807, 2.05) is 12.1 Å². The van der Waals surface area contributed by atoms with E-state index in [9.17, 15) is 0 Å². The van der Waals surface area contributed by atoms with Crippen molar-refractivity contribution in [3.05, 3.63) is 12.1 Å². The number of nitrogens with one attached hydrogen (secondary N) is 1. The molecule has 0 aliphatic carbocycles. The molecule has 0 saturated heterocycles. The van der Waals surface area contributed by atoms with Crippen molar-refractivity contribution in [2.24, 2.45) is 11.7 Å². The molecule has 0 fully saturated rings. The van der Waals surface area contributed by atoms with E-state index in [1.54, 1.807) is 21.3 Å². The zero-order valence-corrected chi connectivity index (χ0v) is 12.2. The number of ether oxygens (including phenoxy) is 3. The second-order valence-electron chi connectivity index (χ2n) is 4.46. The highest BCUT2D eigenvalue weighted by atomic mass is 16.5. The average Bonchev–Trinajstić information content (AvgIpc) is 2.46. The minimum atomic E-state index is 0.489. The molecule has 1 unspecified atom stereocenters. The quantitative estimate of drug-likeness (QED) is 0.756. The summed E-state index contributed by atoms with van der Waals surface area (Å²) in [5.41, 5.74) is 6.45. The lowest BCUT2D eigenvalue weighted by molar-refractivity contribution is 0.377. The zero-order chi connectivity index (χ0) is 14.3. The molecule has 108 valence electrons. The van der Waals surface area contributed by atoms with Gasteiger partial charge in [-0.05, 0) is 18.9 Å². The van der Waals surface area contributed by atoms with Crippen molar-refractivity contribution in [2.45, 2.75) is 13.3 Å². The second kappa shape index (κ2) is 7.74. The molecule has 1 atom stereocenters. The summed E-state index contributed by atoms with van der Waals surface area (Å²) in [5.74, 6) is 2.60. The van der Waals surface area contributed by atoms with E-state index in [2.05, 4.69) is 12.2 Å². The fraction of sp³-hybridized carbons (Fsp3) is 0.571. The standard InChI is InChI=1S/C14H24N2O3/c1-10(9-15)5-6-16-14-12(18-3)7-11(17-2)8-13(14)19-4/h7-8,10,16H,5-6,9,15H2,1-4H3. The molecule has 0 saturated carbocycles. The molecule has 0 aromatic heterocycles. The third kappa shape index (κ3) is 4.21. The maximum Gasteiger partial charge on any atom is 0.149 e. The molecule has 0 aliphatic rings. The van der Waals surface area contributed by atoms with Gasteiger partial charge < -0.3 is 25.3 Å². The highest BCUT2D eigenvalue weighted by Crippen LogP contribution is 2.38. The van der Waals surface area contributed by atoms with Crippen molar-refractivity contribution in [1.29, 1.82) is 0 Å². The molecule has 0 aliphatic heterocycles. The first-order valence-electron chi connectivity index (χ1n) is 6.40. The molecule has 0 radical (unpaired) electrons. The van der Waals surface area contributed by atoms with E-state index in [0.717, 1.165) is 18.7 Å². The lowest BCUT2D eigenvalue weighted by Crippen LogP contribution is -2.15. The molecule has 1 aromatic rings. The van der Waals surface area contributed by atoms with Gasteiger partial charge in [0.1, 0.15) is 22.9 Å². The Balaban J connectivity index is 2.85. The van der Waals surface area contributed by atoms with E-state index >= 15 is 0 Å². The summed E-state index contributed by atoms with van der Waals surface area (Å²) < 4.78 is 15.9. The van der Waals surface area contributed by atoms with Gasteiger partial charge in [0, 0.05) is 18.7 Å². The van der Waals surface area contributed by atoms with Crippen molar-refractivity contribution in [3.8, 4) is 17.2 Å². The number of hydrogen-bond acceptors (Lipinski definition) is 5. The van der Waals surface area contributed by atoms with Gasteiger partial charge in [0.2, 0.25) is 0 Å². The molecule has 1 rings (SSSR count). The van der Waals surface area contributed by atoms with Gasteiger partial charge in [-0.15, -0.1) is 0 Å². The lowest BCUT2D eigenvalue weighted by atomic mass is 10.1. The third-order valence-corrected chi connectivity index (χ3v) is 3.06. The van der Waals surface area contributed by atoms with Crippen LogP contribution in [0, 0.1) is 5.92 Å². The Labute approximate surface area is 115 Å². The molecule has 3 N–H and O–H groups in total. The number of hydrogen-bond donors (Lipinski definition) is 2. The Hall–Kier alpha value is -1.62. The number of benzene rings is 1. The molecule has 1 aromatic carbocycles. The van der Waals surface area contributed by atoms with E-state index in [4.69, 9.17) is 19.9 Å². The van der Waals surface area contributed by atoms with Gasteiger partial charge in [-0.3, -0.25) is 0 Å². The first-order valence-corrected chi connectivity index (χ1v) is 6.40. The van der Waals surface area contributed by atoms with Crippen LogP contribution in [-0.2, 0) is 0 Å². The monoisotopic (exact) mass is 268 g/mol. The summed E-state index contributed by atoms with van der Waals surface area (Å²) in [7, 11) is 4.87. The topological polar surface area (TPSA) is 65.7 Å². The van der Waals surface area contributed by atoms with Crippen molar-refractivity contribution in [1.82, 2.24) is 0 Å². The van der Waals surface area contributed by atoms with Crippen LogP contribution in [0.25, 0.3) is 0 Å². The molecule has 5 heteroatoms. The molecule has 0 bridgehead atoms. The van der Waals surface area contributed by atoms with Crippen LogP contribution in [0.5, 0.6) is 17.2 Å². The average molecular weight is 268 g/mol. The Morgan fingerprint density at radius 1 is 1.11 bits per heavy atom. The fourth-order valence-electron chi connectivity index (χ4n) is 1.74. The molecule has 0 amide bonds. The van der Waals surface area contributed by atoms with Crippen molar-refractivity contribution < 1.29 is 14.2 Å². The summed E-state index contributed by atoms with van der Waals surface area (Å²) in [5, 5.41) is 3.34. The van der Waals surface area contributed by atoms with E-state index in [1.165, 1.54) is 0 Å². The summed E-state index contributed by atoms with van der Waals surface area (Å²) >= 11 is 0. The van der Waals surface area contributed by atoms with Crippen molar-refractivity contribution in [2.75, 3.05) is 39.7 Å². The van der Waals surface area contributed by atoms with Crippen LogP contribution in [0.15, 0.2) is 12.1 Å². The van der Waals surface area contributed by atoms with Crippen LogP contribution in [0.2, 0.25) is 0 Å². The highest BCUT2D eigenvalue weighted by Gasteiger charge is 2.13. The first kappa shape index (κ1) is 15.4. The Bertz CT molecular complexity index is 371. The van der Waals surface area contributed by atoms with Crippen molar-refractivity contribution >= 4 is 5.69 Å². The molecule has 19 heavy (non-hydrogen) atoms. The van der Waals surface area contributed by atoms with Gasteiger partial charge in [0.25, 0.3) is 0 Å². The van der Waals surface area contributed by atoms with Crippen LogP contribution in [0.4, 0.5) is 5.69 Å². The summed E-state index contributed by atoms with van der Waals surface area (Å²) in [6.07, 6.45) is 0.995. The molecular weight excluding hydrogens is 244 g/mol. The summed E-state index contributed by atoms with van der Waals surface area (Å²) in [4.78, 5) is 0. The summed E-state index contributed by atoms with van der Waals surface area (Å²) in [6, 6.07) is 3.66. The van der Waals surface area contributed by atoms with Gasteiger partial charge >= 0.3 is 0 Å². The molecule has 5 nitrogen and oxygen atoms in total. The van der Waals surface area contributed by atoms with Gasteiger partial charge in [0.15, 0.2) is 0 Å². The van der Waals surface area contributed by atoms with Crippen LogP contribution in [0.1, 0.15) is 13.3 Å². The second-order valence-corrected chi connectivity index (χ2v) is 4.46. The van der Waals surface area contributed by atoms with E-state index in [0.29, 0.717) is 29.7 Å². The van der Waals surface area contributed by atoms with E-state index < -0.39 is 0 Å². The predicted octanol–water partition coefficient (Wildman–Crippen LogP) is 2.11. The highest BCUT2D eigenvalue weighted by molar-refractivity contribution is 5.68. The van der Waals surface area contributed by atoms with Crippen LogP contribution in [-0.4, -0.2) is 34.4 Å². The van der Waals surface area contributed by atoms with Crippen LogP contribution < -0.4 is 25.3 Å². The molecule has 0 heterocycles. The van der Waals surface area contributed by atoms with Crippen LogP contribution >= 0.6 is 0 Å². The lowest BCUT2D eigenvalue weighted by Gasteiger charge is -2.17. The maximum absolute atomic E-state index is 5.61. The predicted molar refractivity (Wildman–Crippen MR) is 77.4 cm³/mol. The third-order valence-electron chi connectivity index (χ3n) is 3.06. The number of rotatable bonds is 8. The SMILES string of the molecule is COc1cc(OC)c(NCCC(C)CN)c(OC)c1. The largest absolute Gasteiger partial charge is 0.496 e. The maximum atomic E-state index is 5.61. The molecular formula is C14H24N2O3. The summed E-state index contributed by atoms with van der Waals surface area (Å²) in [6.45, 7) is 3.64. The van der Waals surface area contributed by atoms with Crippen LogP contribution in [0.3, 0.4) is 0 Å². The minimum Gasteiger partial charge on any atom is -0.496 e. The smallest absolute Gasteiger partial charge is 0.149 e. The number of methoxy groups -OCH3 is 3. The molecule has 0 spiro atoms. The Morgan fingerprint density at radius 2 is 1.68 bits per heavy atom. The Kier molecular flexibility index (Phi) is 6.29. The van der Waals surface area contributed by atoms with Gasteiger partial charge in [-0.1, -0.05) is 6.92 Å².